The maximum absolute atomic E-state index is 11.1. The maximum atomic E-state index is 11.1. The molecule has 0 aromatic rings. The van der Waals surface area contributed by atoms with Crippen molar-refractivity contribution >= 4 is 21.6 Å². The molecule has 0 radical (unpaired) electrons. The van der Waals surface area contributed by atoms with E-state index in [1.54, 1.807) is 0 Å². The molecule has 0 spiro atoms. The van der Waals surface area contributed by atoms with Gasteiger partial charge in [0.25, 0.3) is 0 Å². The summed E-state index contributed by atoms with van der Waals surface area (Å²) in [6, 6.07) is 0. The van der Waals surface area contributed by atoms with Crippen LogP contribution in [0.4, 0.5) is 0 Å². The monoisotopic (exact) mass is 211 g/mol. The number of hydrogen-bond donors (Lipinski definition) is 0. The van der Waals surface area contributed by atoms with Crippen LogP contribution in [0.2, 0.25) is 0 Å². The van der Waals surface area contributed by atoms with E-state index in [1.807, 2.05) is 0 Å². The van der Waals surface area contributed by atoms with E-state index in [0.29, 0.717) is 24.9 Å². The van der Waals surface area contributed by atoms with Gasteiger partial charge in [-0.25, -0.2) is 12.7 Å². The van der Waals surface area contributed by atoms with Gasteiger partial charge in [0.05, 0.1) is 6.26 Å². The first-order valence-corrected chi connectivity index (χ1v) is 6.43. The van der Waals surface area contributed by atoms with E-state index >= 15 is 0 Å². The Morgan fingerprint density at radius 1 is 1.58 bits per heavy atom. The highest BCUT2D eigenvalue weighted by Crippen LogP contribution is 2.19. The summed E-state index contributed by atoms with van der Waals surface area (Å²) in [5, 5.41) is 0. The molecule has 1 atom stereocenters. The van der Waals surface area contributed by atoms with E-state index in [-0.39, 0.29) is 0 Å². The van der Waals surface area contributed by atoms with E-state index in [1.165, 1.54) is 10.6 Å². The highest BCUT2D eigenvalue weighted by molar-refractivity contribution is 7.88. The molecule has 72 valence electrons. The fourth-order valence-corrected chi connectivity index (χ4v) is 2.65. The van der Waals surface area contributed by atoms with Crippen LogP contribution in [-0.4, -0.2) is 37.9 Å². The summed E-state index contributed by atoms with van der Waals surface area (Å²) in [6.45, 7) is 1.26. The molecular weight excluding hydrogens is 198 g/mol. The van der Waals surface area contributed by atoms with Gasteiger partial charge in [-0.1, -0.05) is 0 Å². The number of halogens is 1. The molecule has 0 aromatic heterocycles. The van der Waals surface area contributed by atoms with Crippen molar-refractivity contribution < 1.29 is 8.42 Å². The normalized spacial score (nSPS) is 27.3. The minimum atomic E-state index is -2.99. The molecule has 5 heteroatoms. The zero-order valence-corrected chi connectivity index (χ0v) is 8.74. The summed E-state index contributed by atoms with van der Waals surface area (Å²) in [6.07, 6.45) is 3.24. The van der Waals surface area contributed by atoms with Gasteiger partial charge in [-0.3, -0.25) is 0 Å². The Bertz CT molecular complexity index is 240. The molecule has 12 heavy (non-hydrogen) atoms. The molecule has 1 rings (SSSR count). The number of alkyl halides is 1. The third-order valence-corrected chi connectivity index (χ3v) is 3.88. The highest BCUT2D eigenvalue weighted by atomic mass is 35.5. The number of hydrogen-bond acceptors (Lipinski definition) is 2. The quantitative estimate of drug-likeness (QED) is 0.637. The maximum Gasteiger partial charge on any atom is 0.211 e. The van der Waals surface area contributed by atoms with Crippen LogP contribution in [-0.2, 0) is 10.0 Å². The Morgan fingerprint density at radius 2 is 2.25 bits per heavy atom. The second-order valence-corrected chi connectivity index (χ2v) is 5.57. The molecule has 0 amide bonds. The van der Waals surface area contributed by atoms with Gasteiger partial charge < -0.3 is 0 Å². The minimum absolute atomic E-state index is 0.343. The van der Waals surface area contributed by atoms with Gasteiger partial charge in [-0.2, -0.15) is 0 Å². The van der Waals surface area contributed by atoms with Crippen LogP contribution in [0, 0.1) is 5.92 Å². The summed E-state index contributed by atoms with van der Waals surface area (Å²) in [5.74, 6) is 0.904. The van der Waals surface area contributed by atoms with E-state index < -0.39 is 10.0 Å². The number of sulfonamides is 1. The molecule has 0 aromatic carbocycles. The fourth-order valence-electron chi connectivity index (χ4n) is 1.45. The number of rotatable bonds is 2. The van der Waals surface area contributed by atoms with Crippen molar-refractivity contribution in [2.45, 2.75) is 12.8 Å². The minimum Gasteiger partial charge on any atom is -0.213 e. The van der Waals surface area contributed by atoms with Gasteiger partial charge in [0, 0.05) is 19.0 Å². The summed E-state index contributed by atoms with van der Waals surface area (Å²) in [4.78, 5) is 0. The Kier molecular flexibility index (Phi) is 3.37. The second-order valence-electron chi connectivity index (χ2n) is 3.28. The largest absolute Gasteiger partial charge is 0.213 e. The molecule has 1 aliphatic heterocycles. The first-order chi connectivity index (χ1) is 5.54. The Balaban J connectivity index is 2.58. The van der Waals surface area contributed by atoms with Gasteiger partial charge in [-0.05, 0) is 18.8 Å². The van der Waals surface area contributed by atoms with E-state index in [4.69, 9.17) is 11.6 Å². The standard InChI is InChI=1S/C7H14ClNO2S/c1-12(10,11)9-4-2-3-7(5-8)6-9/h7H,2-6H2,1H3/t7-/m1/s1. The first-order valence-electron chi connectivity index (χ1n) is 4.05. The first kappa shape index (κ1) is 10.3. The van der Waals surface area contributed by atoms with E-state index in [0.717, 1.165) is 12.8 Å². The number of piperidine rings is 1. The van der Waals surface area contributed by atoms with Crippen LogP contribution in [0.5, 0.6) is 0 Å². The lowest BCUT2D eigenvalue weighted by Gasteiger charge is -2.29. The zero-order chi connectivity index (χ0) is 9.19. The molecule has 1 saturated heterocycles. The van der Waals surface area contributed by atoms with E-state index in [2.05, 4.69) is 0 Å². The molecule has 0 aliphatic carbocycles. The van der Waals surface area contributed by atoms with Crippen molar-refractivity contribution in [3.8, 4) is 0 Å². The Morgan fingerprint density at radius 3 is 2.75 bits per heavy atom. The van der Waals surface area contributed by atoms with Crippen molar-refractivity contribution in [2.75, 3.05) is 25.2 Å². The van der Waals surface area contributed by atoms with Gasteiger partial charge in [0.2, 0.25) is 10.0 Å². The topological polar surface area (TPSA) is 37.4 Å². The molecule has 1 fully saturated rings. The lowest BCUT2D eigenvalue weighted by Crippen LogP contribution is -2.39. The van der Waals surface area contributed by atoms with Gasteiger partial charge in [0.15, 0.2) is 0 Å². The third kappa shape index (κ3) is 2.61. The van der Waals surface area contributed by atoms with Crippen molar-refractivity contribution in [1.82, 2.24) is 4.31 Å². The lowest BCUT2D eigenvalue weighted by atomic mass is 10.0. The molecule has 0 unspecified atom stereocenters. The summed E-state index contributed by atoms with van der Waals surface area (Å²) in [7, 11) is -2.99. The van der Waals surface area contributed by atoms with Crippen LogP contribution in [0.3, 0.4) is 0 Å². The SMILES string of the molecule is CS(=O)(=O)N1CCC[C@H](CCl)C1. The summed E-state index contributed by atoms with van der Waals surface area (Å²) >= 11 is 5.67. The third-order valence-electron chi connectivity index (χ3n) is 2.17. The van der Waals surface area contributed by atoms with Crippen LogP contribution >= 0.6 is 11.6 Å². The molecular formula is C7H14ClNO2S. The van der Waals surface area contributed by atoms with Crippen LogP contribution in [0.15, 0.2) is 0 Å². The van der Waals surface area contributed by atoms with Crippen molar-refractivity contribution in [3.63, 3.8) is 0 Å². The Hall–Kier alpha value is 0.200. The smallest absolute Gasteiger partial charge is 0.211 e. The summed E-state index contributed by atoms with van der Waals surface area (Å²) in [5.41, 5.74) is 0. The van der Waals surface area contributed by atoms with Gasteiger partial charge in [0.1, 0.15) is 0 Å². The fraction of sp³-hybridized carbons (Fsp3) is 1.00. The van der Waals surface area contributed by atoms with Crippen molar-refractivity contribution in [3.05, 3.63) is 0 Å². The predicted molar refractivity (Wildman–Crippen MR) is 49.9 cm³/mol. The van der Waals surface area contributed by atoms with Crippen LogP contribution < -0.4 is 0 Å². The van der Waals surface area contributed by atoms with Crippen molar-refractivity contribution in [1.29, 1.82) is 0 Å². The average molecular weight is 212 g/mol. The van der Waals surface area contributed by atoms with Crippen molar-refractivity contribution in [2.24, 2.45) is 5.92 Å². The molecule has 3 nitrogen and oxygen atoms in total. The van der Waals surface area contributed by atoms with Crippen LogP contribution in [0.25, 0.3) is 0 Å². The van der Waals surface area contributed by atoms with Gasteiger partial charge >= 0.3 is 0 Å². The molecule has 0 saturated carbocycles. The average Bonchev–Trinajstić information content (AvgIpc) is 2.03. The molecule has 0 bridgehead atoms. The van der Waals surface area contributed by atoms with Crippen LogP contribution in [0.1, 0.15) is 12.8 Å². The summed E-state index contributed by atoms with van der Waals surface area (Å²) < 4.78 is 23.8. The highest BCUT2D eigenvalue weighted by Gasteiger charge is 2.24. The second kappa shape index (κ2) is 3.94. The molecule has 0 N–H and O–H groups in total. The zero-order valence-electron chi connectivity index (χ0n) is 7.16. The predicted octanol–water partition coefficient (Wildman–Crippen LogP) is 0.897. The number of nitrogens with zero attached hydrogens (tertiary/aromatic N) is 1. The van der Waals surface area contributed by atoms with Gasteiger partial charge in [-0.15, -0.1) is 11.6 Å². The van der Waals surface area contributed by atoms with E-state index in [9.17, 15) is 8.42 Å². The molecule has 1 aliphatic rings. The lowest BCUT2D eigenvalue weighted by molar-refractivity contribution is 0.285. The molecule has 1 heterocycles. The Labute approximate surface area is 78.7 Å².